The summed E-state index contributed by atoms with van der Waals surface area (Å²) in [5.41, 5.74) is 5.12. The van der Waals surface area contributed by atoms with Crippen molar-refractivity contribution in [3.05, 3.63) is 59.1 Å². The summed E-state index contributed by atoms with van der Waals surface area (Å²) in [7, 11) is 1.62. The Bertz CT molecular complexity index is 1030. The molecule has 0 atom stereocenters. The molecule has 1 heterocycles. The van der Waals surface area contributed by atoms with Gasteiger partial charge in [0.05, 0.1) is 18.6 Å². The Kier molecular flexibility index (Phi) is 7.48. The molecule has 0 spiro atoms. The van der Waals surface area contributed by atoms with E-state index in [4.69, 9.17) is 16.3 Å². The minimum absolute atomic E-state index is 0.179. The van der Waals surface area contributed by atoms with Gasteiger partial charge in [0, 0.05) is 17.1 Å². The summed E-state index contributed by atoms with van der Waals surface area (Å²) in [4.78, 5) is 12.2. The van der Waals surface area contributed by atoms with Crippen LogP contribution < -0.4 is 10.2 Å². The van der Waals surface area contributed by atoms with Crippen molar-refractivity contribution in [1.29, 1.82) is 0 Å². The van der Waals surface area contributed by atoms with Crippen LogP contribution in [0.4, 0.5) is 0 Å². The summed E-state index contributed by atoms with van der Waals surface area (Å²) in [6.07, 6.45) is 0. The quantitative estimate of drug-likeness (QED) is 0.319. The molecule has 2 aromatic carbocycles. The number of carbonyl (C=O) groups is 1. The Labute approximate surface area is 184 Å². The predicted octanol–water partition coefficient (Wildman–Crippen LogP) is 4.26. The standard InChI is InChI=1S/C21H22ClN5O2S/c1-4-27-20(16-5-9-17(22)10-6-16)25-26-21(27)30-13-19(28)24-23-14(2)15-7-11-18(29-3)12-8-15/h5-12H,4,13H2,1-3H3,(H,24,28)/b23-14+. The monoisotopic (exact) mass is 443 g/mol. The highest BCUT2D eigenvalue weighted by atomic mass is 35.5. The number of nitrogens with zero attached hydrogens (tertiary/aromatic N) is 4. The van der Waals surface area contributed by atoms with Crippen LogP contribution in [0.25, 0.3) is 11.4 Å². The minimum Gasteiger partial charge on any atom is -0.497 e. The third-order valence-corrected chi connectivity index (χ3v) is 5.54. The van der Waals surface area contributed by atoms with Crippen molar-refractivity contribution in [3.63, 3.8) is 0 Å². The summed E-state index contributed by atoms with van der Waals surface area (Å²) in [5.74, 6) is 1.47. The van der Waals surface area contributed by atoms with Gasteiger partial charge in [-0.1, -0.05) is 23.4 Å². The van der Waals surface area contributed by atoms with Gasteiger partial charge in [0.25, 0.3) is 5.91 Å². The summed E-state index contributed by atoms with van der Waals surface area (Å²) in [6, 6.07) is 14.9. The molecule has 3 aromatic rings. The maximum atomic E-state index is 12.2. The topological polar surface area (TPSA) is 81.4 Å². The summed E-state index contributed by atoms with van der Waals surface area (Å²) in [5, 5.41) is 14.0. The molecule has 9 heteroatoms. The number of hydrogen-bond donors (Lipinski definition) is 1. The normalized spacial score (nSPS) is 11.4. The number of hydrogen-bond acceptors (Lipinski definition) is 6. The van der Waals surface area contributed by atoms with Gasteiger partial charge in [-0.25, -0.2) is 5.43 Å². The summed E-state index contributed by atoms with van der Waals surface area (Å²) < 4.78 is 7.11. The highest BCUT2D eigenvalue weighted by molar-refractivity contribution is 7.99. The highest BCUT2D eigenvalue weighted by Gasteiger charge is 2.14. The van der Waals surface area contributed by atoms with Gasteiger partial charge < -0.3 is 9.30 Å². The van der Waals surface area contributed by atoms with Crippen LogP contribution in [0.2, 0.25) is 5.02 Å². The second-order valence-corrected chi connectivity index (χ2v) is 7.69. The molecule has 0 saturated carbocycles. The van der Waals surface area contributed by atoms with Gasteiger partial charge >= 0.3 is 0 Å². The number of aromatic nitrogens is 3. The number of benzene rings is 2. The zero-order chi connectivity index (χ0) is 21.5. The summed E-state index contributed by atoms with van der Waals surface area (Å²) >= 11 is 7.28. The van der Waals surface area contributed by atoms with E-state index in [2.05, 4.69) is 20.7 Å². The average Bonchev–Trinajstić information content (AvgIpc) is 3.19. The maximum absolute atomic E-state index is 12.2. The van der Waals surface area contributed by atoms with E-state index in [-0.39, 0.29) is 11.7 Å². The lowest BCUT2D eigenvalue weighted by Gasteiger charge is -2.07. The minimum atomic E-state index is -0.216. The van der Waals surface area contributed by atoms with Gasteiger partial charge in [-0.15, -0.1) is 10.2 Å². The van der Waals surface area contributed by atoms with E-state index in [1.165, 1.54) is 11.8 Å². The van der Waals surface area contributed by atoms with Gasteiger partial charge in [0.15, 0.2) is 11.0 Å². The number of hydrazone groups is 1. The van der Waals surface area contributed by atoms with Gasteiger partial charge in [0.2, 0.25) is 0 Å². The van der Waals surface area contributed by atoms with Crippen molar-refractivity contribution in [2.24, 2.45) is 5.10 Å². The van der Waals surface area contributed by atoms with E-state index >= 15 is 0 Å². The Morgan fingerprint density at radius 2 is 1.87 bits per heavy atom. The van der Waals surface area contributed by atoms with Gasteiger partial charge in [0.1, 0.15) is 5.75 Å². The molecule has 3 rings (SSSR count). The fourth-order valence-corrected chi connectivity index (χ4v) is 3.62. The fourth-order valence-electron chi connectivity index (χ4n) is 2.70. The molecule has 0 aliphatic rings. The number of nitrogens with one attached hydrogen (secondary N) is 1. The van der Waals surface area contributed by atoms with Crippen LogP contribution in [0.1, 0.15) is 19.4 Å². The van der Waals surface area contributed by atoms with Crippen LogP contribution in [-0.2, 0) is 11.3 Å². The fraction of sp³-hybridized carbons (Fsp3) is 0.238. The first-order chi connectivity index (χ1) is 14.5. The molecule has 0 fully saturated rings. The van der Waals surface area contributed by atoms with Gasteiger partial charge in [-0.2, -0.15) is 5.10 Å². The lowest BCUT2D eigenvalue weighted by atomic mass is 10.1. The third-order valence-electron chi connectivity index (χ3n) is 4.32. The second kappa shape index (κ2) is 10.3. The molecular formula is C21H22ClN5O2S. The first kappa shape index (κ1) is 21.9. The number of halogens is 1. The van der Waals surface area contributed by atoms with Gasteiger partial charge in [-0.3, -0.25) is 4.79 Å². The van der Waals surface area contributed by atoms with Gasteiger partial charge in [-0.05, 0) is 67.9 Å². The average molecular weight is 444 g/mol. The Morgan fingerprint density at radius 3 is 2.50 bits per heavy atom. The Balaban J connectivity index is 1.61. The van der Waals surface area contributed by atoms with Crippen molar-refractivity contribution >= 4 is 35.0 Å². The number of amides is 1. The van der Waals surface area contributed by atoms with Crippen LogP contribution in [0.15, 0.2) is 58.8 Å². The zero-order valence-corrected chi connectivity index (χ0v) is 18.5. The Morgan fingerprint density at radius 1 is 1.17 bits per heavy atom. The SMILES string of the molecule is CCn1c(SCC(=O)N/N=C(\C)c2ccc(OC)cc2)nnc1-c1ccc(Cl)cc1. The second-order valence-electron chi connectivity index (χ2n) is 6.31. The molecule has 1 N–H and O–H groups in total. The number of methoxy groups -OCH3 is 1. The van der Waals surface area contributed by atoms with Crippen LogP contribution in [0.3, 0.4) is 0 Å². The molecule has 0 aliphatic carbocycles. The zero-order valence-electron chi connectivity index (χ0n) is 16.9. The molecule has 0 bridgehead atoms. The molecule has 0 aliphatic heterocycles. The molecular weight excluding hydrogens is 422 g/mol. The van der Waals surface area contributed by atoms with E-state index in [0.717, 1.165) is 22.7 Å². The van der Waals surface area contributed by atoms with Crippen molar-refractivity contribution < 1.29 is 9.53 Å². The molecule has 1 aromatic heterocycles. The van der Waals surface area contributed by atoms with Crippen molar-refractivity contribution in [3.8, 4) is 17.1 Å². The van der Waals surface area contributed by atoms with Crippen molar-refractivity contribution in [2.75, 3.05) is 12.9 Å². The van der Waals surface area contributed by atoms with E-state index in [0.29, 0.717) is 22.4 Å². The van der Waals surface area contributed by atoms with Crippen LogP contribution in [0, 0.1) is 0 Å². The number of ether oxygens (including phenoxy) is 1. The first-order valence-corrected chi connectivity index (χ1v) is 10.7. The third kappa shape index (κ3) is 5.40. The molecule has 1 amide bonds. The molecule has 0 unspecified atom stereocenters. The lowest BCUT2D eigenvalue weighted by molar-refractivity contribution is -0.118. The Hall–Kier alpha value is -2.84. The van der Waals surface area contributed by atoms with Crippen LogP contribution >= 0.6 is 23.4 Å². The van der Waals surface area contributed by atoms with Crippen LogP contribution in [0.5, 0.6) is 5.75 Å². The summed E-state index contributed by atoms with van der Waals surface area (Å²) in [6.45, 7) is 4.53. The van der Waals surface area contributed by atoms with Crippen molar-refractivity contribution in [1.82, 2.24) is 20.2 Å². The predicted molar refractivity (Wildman–Crippen MR) is 120 cm³/mol. The molecule has 156 valence electrons. The molecule has 0 radical (unpaired) electrons. The molecule has 0 saturated heterocycles. The number of thioether (sulfide) groups is 1. The largest absolute Gasteiger partial charge is 0.497 e. The first-order valence-electron chi connectivity index (χ1n) is 9.31. The van der Waals surface area contributed by atoms with Crippen molar-refractivity contribution in [2.45, 2.75) is 25.5 Å². The van der Waals surface area contributed by atoms with E-state index in [1.54, 1.807) is 7.11 Å². The number of carbonyl (C=O) groups excluding carboxylic acids is 1. The van der Waals surface area contributed by atoms with E-state index in [9.17, 15) is 4.79 Å². The maximum Gasteiger partial charge on any atom is 0.250 e. The smallest absolute Gasteiger partial charge is 0.250 e. The lowest BCUT2D eigenvalue weighted by Crippen LogP contribution is -2.21. The molecule has 30 heavy (non-hydrogen) atoms. The number of rotatable bonds is 8. The van der Waals surface area contributed by atoms with Crippen LogP contribution in [-0.4, -0.2) is 39.2 Å². The van der Waals surface area contributed by atoms with E-state index in [1.807, 2.05) is 66.9 Å². The molecule has 7 nitrogen and oxygen atoms in total. The highest BCUT2D eigenvalue weighted by Crippen LogP contribution is 2.25. The van der Waals surface area contributed by atoms with E-state index < -0.39 is 0 Å².